The summed E-state index contributed by atoms with van der Waals surface area (Å²) in [6, 6.07) is 5.37. The highest BCUT2D eigenvalue weighted by Gasteiger charge is 2.08. The van der Waals surface area contributed by atoms with E-state index in [1.54, 1.807) is 12.1 Å². The fourth-order valence-electron chi connectivity index (χ4n) is 1.71. The van der Waals surface area contributed by atoms with Gasteiger partial charge in [0.2, 0.25) is 0 Å². The Labute approximate surface area is 125 Å². The van der Waals surface area contributed by atoms with E-state index in [0.29, 0.717) is 17.2 Å². The van der Waals surface area contributed by atoms with Crippen LogP contribution in [0.25, 0.3) is 0 Å². The zero-order valence-electron chi connectivity index (χ0n) is 12.1. The van der Waals surface area contributed by atoms with Crippen LogP contribution in [0.4, 0.5) is 0 Å². The van der Waals surface area contributed by atoms with Gasteiger partial charge in [0.05, 0.1) is 12.7 Å². The summed E-state index contributed by atoms with van der Waals surface area (Å²) in [7, 11) is 2.01. The number of halogens is 1. The highest BCUT2D eigenvalue weighted by molar-refractivity contribution is 6.31. The van der Waals surface area contributed by atoms with E-state index in [9.17, 15) is 0 Å². The van der Waals surface area contributed by atoms with Crippen LogP contribution >= 0.6 is 11.6 Å². The number of hydrogen-bond donors (Lipinski definition) is 2. The minimum absolute atomic E-state index is 0.0529. The van der Waals surface area contributed by atoms with Crippen LogP contribution in [0.1, 0.15) is 25.0 Å². The number of hydrogen-bond acceptors (Lipinski definition) is 4. The standard InChI is InChI=1S/C14H22ClN3O2/c1-10(2)20-7-6-18(3)9-12-5-4-11(8-13(12)15)14(16)17-19/h4-5,8,10,19H,6-7,9H2,1-3H3,(H2,16,17). The van der Waals surface area contributed by atoms with E-state index in [1.807, 2.05) is 27.0 Å². The van der Waals surface area contributed by atoms with Crippen molar-refractivity contribution in [2.24, 2.45) is 10.9 Å². The maximum atomic E-state index is 8.63. The lowest BCUT2D eigenvalue weighted by atomic mass is 10.1. The van der Waals surface area contributed by atoms with Gasteiger partial charge >= 0.3 is 0 Å². The first-order valence-electron chi connectivity index (χ1n) is 6.50. The summed E-state index contributed by atoms with van der Waals surface area (Å²) >= 11 is 6.21. The Morgan fingerprint density at radius 3 is 2.75 bits per heavy atom. The topological polar surface area (TPSA) is 71.1 Å². The van der Waals surface area contributed by atoms with Crippen LogP contribution in [-0.2, 0) is 11.3 Å². The van der Waals surface area contributed by atoms with Gasteiger partial charge in [0, 0.05) is 23.7 Å². The lowest BCUT2D eigenvalue weighted by molar-refractivity contribution is 0.0627. The Hall–Kier alpha value is -1.30. The van der Waals surface area contributed by atoms with Crippen LogP contribution in [-0.4, -0.2) is 42.2 Å². The molecule has 0 saturated carbocycles. The average molecular weight is 300 g/mol. The van der Waals surface area contributed by atoms with Gasteiger partial charge < -0.3 is 15.7 Å². The van der Waals surface area contributed by atoms with E-state index in [-0.39, 0.29) is 11.9 Å². The fraction of sp³-hybridized carbons (Fsp3) is 0.500. The first kappa shape index (κ1) is 16.8. The van der Waals surface area contributed by atoms with Gasteiger partial charge in [-0.05, 0) is 32.5 Å². The van der Waals surface area contributed by atoms with Gasteiger partial charge in [-0.3, -0.25) is 4.90 Å². The van der Waals surface area contributed by atoms with Crippen molar-refractivity contribution in [3.05, 3.63) is 34.3 Å². The second-order valence-corrected chi connectivity index (χ2v) is 5.36. The van der Waals surface area contributed by atoms with Gasteiger partial charge in [-0.25, -0.2) is 0 Å². The molecule has 0 aliphatic rings. The number of rotatable bonds is 7. The third kappa shape index (κ3) is 5.36. The average Bonchev–Trinajstić information content (AvgIpc) is 2.39. The Balaban J connectivity index is 2.60. The molecular weight excluding hydrogens is 278 g/mol. The second-order valence-electron chi connectivity index (χ2n) is 4.95. The number of nitrogens with two attached hydrogens (primary N) is 1. The third-order valence-electron chi connectivity index (χ3n) is 2.82. The lowest BCUT2D eigenvalue weighted by Crippen LogP contribution is -2.24. The molecule has 0 fully saturated rings. The highest BCUT2D eigenvalue weighted by atomic mass is 35.5. The molecule has 20 heavy (non-hydrogen) atoms. The molecule has 0 unspecified atom stereocenters. The number of ether oxygens (including phenoxy) is 1. The maximum absolute atomic E-state index is 8.63. The molecule has 0 radical (unpaired) electrons. The highest BCUT2D eigenvalue weighted by Crippen LogP contribution is 2.19. The van der Waals surface area contributed by atoms with Crippen LogP contribution in [0.15, 0.2) is 23.4 Å². The SMILES string of the molecule is CC(C)OCCN(C)Cc1ccc(/C(N)=N/O)cc1Cl. The van der Waals surface area contributed by atoms with Crippen molar-refractivity contribution in [3.8, 4) is 0 Å². The summed E-state index contributed by atoms with van der Waals surface area (Å²) in [6.45, 7) is 6.27. The largest absolute Gasteiger partial charge is 0.409 e. The maximum Gasteiger partial charge on any atom is 0.170 e. The molecule has 0 spiro atoms. The normalized spacial score (nSPS) is 12.4. The van der Waals surface area contributed by atoms with Crippen molar-refractivity contribution in [1.29, 1.82) is 0 Å². The predicted octanol–water partition coefficient (Wildman–Crippen LogP) is 2.29. The molecule has 0 saturated heterocycles. The van der Waals surface area contributed by atoms with Crippen molar-refractivity contribution in [1.82, 2.24) is 4.90 Å². The molecule has 3 N–H and O–H groups in total. The molecule has 0 heterocycles. The molecule has 1 rings (SSSR count). The molecule has 0 amide bonds. The monoisotopic (exact) mass is 299 g/mol. The van der Waals surface area contributed by atoms with Crippen LogP contribution in [0, 0.1) is 0 Å². The number of likely N-dealkylation sites (N-methyl/N-ethyl adjacent to an activating group) is 1. The molecule has 0 aliphatic heterocycles. The Kier molecular flexibility index (Phi) is 6.78. The number of amidine groups is 1. The van der Waals surface area contributed by atoms with Crippen LogP contribution < -0.4 is 5.73 Å². The summed E-state index contributed by atoms with van der Waals surface area (Å²) in [5.74, 6) is 0.0529. The summed E-state index contributed by atoms with van der Waals surface area (Å²) in [5.41, 5.74) is 7.12. The Morgan fingerprint density at radius 1 is 1.50 bits per heavy atom. The van der Waals surface area contributed by atoms with E-state index in [0.717, 1.165) is 18.7 Å². The van der Waals surface area contributed by atoms with Gasteiger partial charge in [0.15, 0.2) is 5.84 Å². The van der Waals surface area contributed by atoms with Crippen molar-refractivity contribution in [2.45, 2.75) is 26.5 Å². The van der Waals surface area contributed by atoms with E-state index < -0.39 is 0 Å². The lowest BCUT2D eigenvalue weighted by Gasteiger charge is -2.18. The smallest absolute Gasteiger partial charge is 0.170 e. The van der Waals surface area contributed by atoms with Crippen LogP contribution in [0.2, 0.25) is 5.02 Å². The first-order valence-corrected chi connectivity index (χ1v) is 6.88. The molecular formula is C14H22ClN3O2. The van der Waals surface area contributed by atoms with E-state index in [1.165, 1.54) is 0 Å². The van der Waals surface area contributed by atoms with Crippen molar-refractivity contribution in [2.75, 3.05) is 20.2 Å². The Morgan fingerprint density at radius 2 is 2.20 bits per heavy atom. The van der Waals surface area contributed by atoms with Crippen LogP contribution in [0.3, 0.4) is 0 Å². The van der Waals surface area contributed by atoms with Crippen LogP contribution in [0.5, 0.6) is 0 Å². The van der Waals surface area contributed by atoms with E-state index in [2.05, 4.69) is 10.1 Å². The minimum Gasteiger partial charge on any atom is -0.409 e. The van der Waals surface area contributed by atoms with Gasteiger partial charge in [-0.15, -0.1) is 0 Å². The molecule has 6 heteroatoms. The molecule has 0 bridgehead atoms. The third-order valence-corrected chi connectivity index (χ3v) is 3.17. The molecule has 1 aromatic carbocycles. The number of benzene rings is 1. The van der Waals surface area contributed by atoms with Crippen molar-refractivity contribution < 1.29 is 9.94 Å². The van der Waals surface area contributed by atoms with E-state index >= 15 is 0 Å². The Bertz CT molecular complexity index is 464. The second kappa shape index (κ2) is 8.09. The minimum atomic E-state index is 0.0529. The summed E-state index contributed by atoms with van der Waals surface area (Å²) in [6.07, 6.45) is 0.243. The van der Waals surface area contributed by atoms with Gasteiger partial charge in [-0.2, -0.15) is 0 Å². The molecule has 1 aromatic rings. The molecule has 0 aliphatic carbocycles. The van der Waals surface area contributed by atoms with E-state index in [4.69, 9.17) is 27.3 Å². The summed E-state index contributed by atoms with van der Waals surface area (Å²) in [4.78, 5) is 2.13. The van der Waals surface area contributed by atoms with Gasteiger partial charge in [0.25, 0.3) is 0 Å². The fourth-order valence-corrected chi connectivity index (χ4v) is 1.95. The quantitative estimate of drug-likeness (QED) is 0.351. The van der Waals surface area contributed by atoms with Gasteiger partial charge in [0.1, 0.15) is 0 Å². The first-order chi connectivity index (χ1) is 9.43. The van der Waals surface area contributed by atoms with Crippen molar-refractivity contribution >= 4 is 17.4 Å². The number of nitrogens with zero attached hydrogens (tertiary/aromatic N) is 2. The predicted molar refractivity (Wildman–Crippen MR) is 81.4 cm³/mol. The number of oxime groups is 1. The summed E-state index contributed by atoms with van der Waals surface area (Å²) in [5, 5.41) is 12.2. The molecule has 0 atom stereocenters. The van der Waals surface area contributed by atoms with Crippen molar-refractivity contribution in [3.63, 3.8) is 0 Å². The molecule has 5 nitrogen and oxygen atoms in total. The zero-order valence-corrected chi connectivity index (χ0v) is 12.9. The summed E-state index contributed by atoms with van der Waals surface area (Å²) < 4.78 is 5.51. The zero-order chi connectivity index (χ0) is 15.1. The molecule has 0 aromatic heterocycles. The molecule has 112 valence electrons. The van der Waals surface area contributed by atoms with Gasteiger partial charge in [-0.1, -0.05) is 28.9 Å².